The van der Waals surface area contributed by atoms with Gasteiger partial charge in [0.2, 0.25) is 0 Å². The summed E-state index contributed by atoms with van der Waals surface area (Å²) >= 11 is 0. The van der Waals surface area contributed by atoms with Gasteiger partial charge in [0, 0.05) is 6.54 Å². The summed E-state index contributed by atoms with van der Waals surface area (Å²) in [7, 11) is 0. The second-order valence-electron chi connectivity index (χ2n) is 6.15. The fourth-order valence-corrected chi connectivity index (χ4v) is 2.78. The Hall–Kier alpha value is -1.64. The van der Waals surface area contributed by atoms with Gasteiger partial charge < -0.3 is 11.1 Å². The first kappa shape index (κ1) is 14.3. The molecule has 1 unspecified atom stereocenters. The molecule has 3 rings (SSSR count). The first-order chi connectivity index (χ1) is 10.3. The number of nitrogens with one attached hydrogen (secondary N) is 1. The third-order valence-corrected chi connectivity index (χ3v) is 4.20. The van der Waals surface area contributed by atoms with E-state index in [-0.39, 0.29) is 6.04 Å². The van der Waals surface area contributed by atoms with Gasteiger partial charge in [0.25, 0.3) is 0 Å². The molecular formula is C19H24N2. The van der Waals surface area contributed by atoms with Crippen LogP contribution in [-0.2, 0) is 6.54 Å². The van der Waals surface area contributed by atoms with Gasteiger partial charge in [-0.15, -0.1) is 0 Å². The minimum atomic E-state index is 0.261. The summed E-state index contributed by atoms with van der Waals surface area (Å²) in [4.78, 5) is 0. The zero-order valence-corrected chi connectivity index (χ0v) is 12.7. The quantitative estimate of drug-likeness (QED) is 0.849. The van der Waals surface area contributed by atoms with Crippen molar-refractivity contribution in [3.8, 4) is 0 Å². The van der Waals surface area contributed by atoms with Crippen LogP contribution in [0.15, 0.2) is 48.5 Å². The Labute approximate surface area is 127 Å². The molecule has 0 amide bonds. The Morgan fingerprint density at radius 3 is 2.48 bits per heavy atom. The Bertz CT molecular complexity index is 602. The molecule has 2 heteroatoms. The Balaban J connectivity index is 1.89. The molecule has 0 spiro atoms. The molecule has 1 fully saturated rings. The van der Waals surface area contributed by atoms with Crippen molar-refractivity contribution < 1.29 is 0 Å². The molecule has 0 aliphatic heterocycles. The van der Waals surface area contributed by atoms with Gasteiger partial charge in [0.15, 0.2) is 0 Å². The Kier molecular flexibility index (Phi) is 4.37. The van der Waals surface area contributed by atoms with E-state index in [1.807, 2.05) is 0 Å². The molecule has 0 heterocycles. The first-order valence-corrected chi connectivity index (χ1v) is 7.85. The van der Waals surface area contributed by atoms with Gasteiger partial charge in [0.05, 0.1) is 6.04 Å². The van der Waals surface area contributed by atoms with Crippen molar-refractivity contribution in [3.63, 3.8) is 0 Å². The molecule has 21 heavy (non-hydrogen) atoms. The van der Waals surface area contributed by atoms with Crippen molar-refractivity contribution in [2.45, 2.75) is 32.4 Å². The molecule has 110 valence electrons. The Morgan fingerprint density at radius 2 is 1.81 bits per heavy atom. The van der Waals surface area contributed by atoms with Crippen LogP contribution in [0, 0.1) is 12.8 Å². The molecule has 2 aromatic rings. The van der Waals surface area contributed by atoms with Gasteiger partial charge in [-0.25, -0.2) is 0 Å². The van der Waals surface area contributed by atoms with Crippen LogP contribution in [0.25, 0.3) is 0 Å². The summed E-state index contributed by atoms with van der Waals surface area (Å²) < 4.78 is 0. The van der Waals surface area contributed by atoms with Crippen LogP contribution in [0.3, 0.4) is 0 Å². The smallest absolute Gasteiger partial charge is 0.0577 e. The average molecular weight is 280 g/mol. The minimum absolute atomic E-state index is 0.261. The summed E-state index contributed by atoms with van der Waals surface area (Å²) in [6.45, 7) is 3.85. The molecule has 0 radical (unpaired) electrons. The lowest BCUT2D eigenvalue weighted by Crippen LogP contribution is -2.24. The summed E-state index contributed by atoms with van der Waals surface area (Å²) in [6, 6.07) is 17.7. The molecule has 1 atom stereocenters. The summed E-state index contributed by atoms with van der Waals surface area (Å²) in [6.07, 6.45) is 2.74. The maximum atomic E-state index is 5.79. The van der Waals surface area contributed by atoms with Gasteiger partial charge in [0.1, 0.15) is 0 Å². The number of rotatable bonds is 6. The Morgan fingerprint density at radius 1 is 1.10 bits per heavy atom. The molecule has 2 aromatic carbocycles. The standard InChI is InChI=1S/C19H24N2/c1-14-4-2-6-17(10-14)19(21-13-15-8-9-15)18-7-3-5-16(11-18)12-20/h2-7,10-11,15,19,21H,8-9,12-13,20H2,1H3. The lowest BCUT2D eigenvalue weighted by molar-refractivity contribution is 0.573. The van der Waals surface area contributed by atoms with E-state index in [1.54, 1.807) is 0 Å². The second-order valence-corrected chi connectivity index (χ2v) is 6.15. The molecule has 0 aromatic heterocycles. The molecule has 3 N–H and O–H groups in total. The lowest BCUT2D eigenvalue weighted by Gasteiger charge is -2.21. The maximum Gasteiger partial charge on any atom is 0.0577 e. The topological polar surface area (TPSA) is 38.0 Å². The highest BCUT2D eigenvalue weighted by atomic mass is 14.9. The van der Waals surface area contributed by atoms with Gasteiger partial charge in [-0.2, -0.15) is 0 Å². The number of hydrogen-bond acceptors (Lipinski definition) is 2. The fraction of sp³-hybridized carbons (Fsp3) is 0.368. The van der Waals surface area contributed by atoms with Crippen LogP contribution in [0.1, 0.15) is 41.1 Å². The van der Waals surface area contributed by atoms with Gasteiger partial charge in [-0.1, -0.05) is 54.1 Å². The monoisotopic (exact) mass is 280 g/mol. The van der Waals surface area contributed by atoms with E-state index in [2.05, 4.69) is 60.8 Å². The zero-order valence-electron chi connectivity index (χ0n) is 12.7. The average Bonchev–Trinajstić information content (AvgIpc) is 3.32. The van der Waals surface area contributed by atoms with E-state index < -0.39 is 0 Å². The van der Waals surface area contributed by atoms with Crippen LogP contribution >= 0.6 is 0 Å². The van der Waals surface area contributed by atoms with Crippen molar-refractivity contribution in [3.05, 3.63) is 70.8 Å². The molecule has 1 aliphatic carbocycles. The number of benzene rings is 2. The van der Waals surface area contributed by atoms with Gasteiger partial charge in [-0.3, -0.25) is 0 Å². The number of nitrogens with two attached hydrogens (primary N) is 1. The van der Waals surface area contributed by atoms with E-state index in [0.717, 1.165) is 12.5 Å². The highest BCUT2D eigenvalue weighted by Crippen LogP contribution is 2.30. The highest BCUT2D eigenvalue weighted by Gasteiger charge is 2.23. The van der Waals surface area contributed by atoms with Crippen LogP contribution in [0.2, 0.25) is 0 Å². The molecular weight excluding hydrogens is 256 g/mol. The lowest BCUT2D eigenvalue weighted by atomic mass is 9.96. The largest absolute Gasteiger partial charge is 0.326 e. The maximum absolute atomic E-state index is 5.79. The van der Waals surface area contributed by atoms with Crippen LogP contribution < -0.4 is 11.1 Å². The van der Waals surface area contributed by atoms with Crippen LogP contribution in [0.4, 0.5) is 0 Å². The van der Waals surface area contributed by atoms with Gasteiger partial charge >= 0.3 is 0 Å². The van der Waals surface area contributed by atoms with Crippen molar-refractivity contribution in [1.82, 2.24) is 5.32 Å². The molecule has 2 nitrogen and oxygen atoms in total. The predicted molar refractivity (Wildman–Crippen MR) is 88.1 cm³/mol. The van der Waals surface area contributed by atoms with E-state index in [4.69, 9.17) is 5.73 Å². The summed E-state index contributed by atoms with van der Waals surface area (Å²) in [5.41, 5.74) is 10.9. The fourth-order valence-electron chi connectivity index (χ4n) is 2.78. The van der Waals surface area contributed by atoms with Crippen molar-refractivity contribution in [2.75, 3.05) is 6.54 Å². The zero-order chi connectivity index (χ0) is 14.7. The minimum Gasteiger partial charge on any atom is -0.326 e. The van der Waals surface area contributed by atoms with E-state index >= 15 is 0 Å². The van der Waals surface area contributed by atoms with E-state index in [1.165, 1.54) is 35.1 Å². The van der Waals surface area contributed by atoms with Crippen molar-refractivity contribution in [2.24, 2.45) is 11.7 Å². The number of hydrogen-bond donors (Lipinski definition) is 2. The van der Waals surface area contributed by atoms with E-state index in [0.29, 0.717) is 6.54 Å². The van der Waals surface area contributed by atoms with Crippen molar-refractivity contribution >= 4 is 0 Å². The highest BCUT2D eigenvalue weighted by molar-refractivity contribution is 5.36. The third kappa shape index (κ3) is 3.72. The summed E-state index contributed by atoms with van der Waals surface area (Å²) in [5.74, 6) is 0.870. The van der Waals surface area contributed by atoms with Crippen LogP contribution in [0.5, 0.6) is 0 Å². The molecule has 0 bridgehead atoms. The van der Waals surface area contributed by atoms with Crippen molar-refractivity contribution in [1.29, 1.82) is 0 Å². The normalized spacial score (nSPS) is 15.9. The number of aryl methyl sites for hydroxylation is 1. The molecule has 0 saturated heterocycles. The first-order valence-electron chi connectivity index (χ1n) is 7.85. The SMILES string of the molecule is Cc1cccc(C(NCC2CC2)c2cccc(CN)c2)c1. The predicted octanol–water partition coefficient (Wildman–Crippen LogP) is 3.54. The van der Waals surface area contributed by atoms with Gasteiger partial charge in [-0.05, 0) is 48.9 Å². The molecule has 1 saturated carbocycles. The van der Waals surface area contributed by atoms with E-state index in [9.17, 15) is 0 Å². The second kappa shape index (κ2) is 6.42. The molecule has 1 aliphatic rings. The van der Waals surface area contributed by atoms with Crippen LogP contribution in [-0.4, -0.2) is 6.54 Å². The summed E-state index contributed by atoms with van der Waals surface area (Å²) in [5, 5.41) is 3.75. The third-order valence-electron chi connectivity index (χ3n) is 4.20.